The first-order valence-corrected chi connectivity index (χ1v) is 6.39. The third-order valence-corrected chi connectivity index (χ3v) is 4.67. The van der Waals surface area contributed by atoms with E-state index in [-0.39, 0.29) is 0 Å². The van der Waals surface area contributed by atoms with E-state index in [0.717, 1.165) is 19.4 Å². The first-order valence-electron chi connectivity index (χ1n) is 4.56. The third-order valence-electron chi connectivity index (χ3n) is 2.46. The molecule has 1 unspecified atom stereocenters. The van der Waals surface area contributed by atoms with E-state index in [1.54, 1.807) is 0 Å². The van der Waals surface area contributed by atoms with Gasteiger partial charge in [0, 0.05) is 6.61 Å². The molecule has 0 spiro atoms. The van der Waals surface area contributed by atoms with Crippen molar-refractivity contribution in [1.29, 1.82) is 0 Å². The number of halogens is 3. The molecule has 0 amide bonds. The second-order valence-electron chi connectivity index (χ2n) is 3.63. The van der Waals surface area contributed by atoms with Crippen molar-refractivity contribution in [3.8, 4) is 0 Å². The summed E-state index contributed by atoms with van der Waals surface area (Å²) in [5.41, 5.74) is -0.433. The Morgan fingerprint density at radius 1 is 1.33 bits per heavy atom. The molecule has 0 bridgehead atoms. The molecule has 2 heterocycles. The van der Waals surface area contributed by atoms with Crippen LogP contribution in [0.25, 0.3) is 0 Å². The fraction of sp³-hybridized carbons (Fsp3) is 0.556. The van der Waals surface area contributed by atoms with Crippen LogP contribution >= 0.6 is 45.8 Å². The zero-order valence-corrected chi connectivity index (χ0v) is 11.7. The minimum atomic E-state index is -0.433. The van der Waals surface area contributed by atoms with E-state index >= 15 is 0 Å². The minimum Gasteiger partial charge on any atom is -0.367 e. The van der Waals surface area contributed by atoms with E-state index in [0.29, 0.717) is 19.7 Å². The molecule has 0 aliphatic carbocycles. The normalized spacial score (nSPS) is 25.9. The second-order valence-corrected chi connectivity index (χ2v) is 5.42. The summed E-state index contributed by atoms with van der Waals surface area (Å²) in [4.78, 5) is 8.45. The highest BCUT2D eigenvalue weighted by atomic mass is 127. The van der Waals surface area contributed by atoms with E-state index in [1.807, 2.05) is 29.5 Å². The van der Waals surface area contributed by atoms with Crippen molar-refractivity contribution in [3.05, 3.63) is 19.7 Å². The van der Waals surface area contributed by atoms with Crippen molar-refractivity contribution in [2.75, 3.05) is 6.61 Å². The zero-order chi connectivity index (χ0) is 11.1. The van der Waals surface area contributed by atoms with Gasteiger partial charge in [-0.2, -0.15) is 0 Å². The van der Waals surface area contributed by atoms with Gasteiger partial charge >= 0.3 is 0 Å². The van der Waals surface area contributed by atoms with Crippen LogP contribution in [0.4, 0.5) is 0 Å². The van der Waals surface area contributed by atoms with E-state index in [4.69, 9.17) is 27.9 Å². The summed E-state index contributed by atoms with van der Waals surface area (Å²) in [5.74, 6) is 0.579. The Kier molecular flexibility index (Phi) is 3.40. The maximum atomic E-state index is 5.96. The fourth-order valence-corrected chi connectivity index (χ4v) is 2.21. The van der Waals surface area contributed by atoms with Crippen LogP contribution in [0.3, 0.4) is 0 Å². The molecule has 0 saturated carbocycles. The van der Waals surface area contributed by atoms with Crippen molar-refractivity contribution in [2.45, 2.75) is 25.4 Å². The van der Waals surface area contributed by atoms with E-state index < -0.39 is 5.60 Å². The number of hydrogen-bond donors (Lipinski definition) is 0. The third kappa shape index (κ3) is 2.23. The maximum Gasteiger partial charge on any atom is 0.163 e. The first-order chi connectivity index (χ1) is 7.03. The Hall–Kier alpha value is 0.350. The van der Waals surface area contributed by atoms with Crippen LogP contribution in [0.15, 0.2) is 0 Å². The van der Waals surface area contributed by atoms with Crippen LogP contribution in [0.5, 0.6) is 0 Å². The van der Waals surface area contributed by atoms with Crippen molar-refractivity contribution < 1.29 is 4.74 Å². The predicted octanol–water partition coefficient (Wildman–Crippen LogP) is 3.41. The predicted molar refractivity (Wildman–Crippen MR) is 67.3 cm³/mol. The van der Waals surface area contributed by atoms with Gasteiger partial charge in [-0.15, -0.1) is 0 Å². The van der Waals surface area contributed by atoms with Gasteiger partial charge in [0.25, 0.3) is 0 Å². The van der Waals surface area contributed by atoms with Crippen LogP contribution in [-0.2, 0) is 10.3 Å². The van der Waals surface area contributed by atoms with Crippen LogP contribution in [-0.4, -0.2) is 16.6 Å². The molecule has 82 valence electrons. The second kappa shape index (κ2) is 4.31. The number of aromatic nitrogens is 2. The molecular weight excluding hydrogens is 350 g/mol. The molecule has 6 heteroatoms. The topological polar surface area (TPSA) is 35.0 Å². The lowest BCUT2D eigenvalue weighted by molar-refractivity contribution is 0.00931. The summed E-state index contributed by atoms with van der Waals surface area (Å²) < 4.78 is 6.31. The SMILES string of the molecule is CC1(c2nc(Cl)c(I)c(Cl)n2)CCCO1. The van der Waals surface area contributed by atoms with Gasteiger partial charge in [-0.1, -0.05) is 23.2 Å². The fourth-order valence-electron chi connectivity index (χ4n) is 1.59. The number of hydrogen-bond acceptors (Lipinski definition) is 3. The van der Waals surface area contributed by atoms with Gasteiger partial charge in [0.05, 0.1) is 3.57 Å². The van der Waals surface area contributed by atoms with E-state index in [1.165, 1.54) is 0 Å². The summed E-state index contributed by atoms with van der Waals surface area (Å²) in [6, 6.07) is 0. The van der Waals surface area contributed by atoms with Crippen LogP contribution in [0.1, 0.15) is 25.6 Å². The van der Waals surface area contributed by atoms with Crippen molar-refractivity contribution in [1.82, 2.24) is 9.97 Å². The van der Waals surface area contributed by atoms with Crippen molar-refractivity contribution in [3.63, 3.8) is 0 Å². The molecule has 0 radical (unpaired) electrons. The average molecular weight is 359 g/mol. The first kappa shape index (κ1) is 11.8. The summed E-state index contributed by atoms with van der Waals surface area (Å²) in [6.45, 7) is 2.70. The number of ether oxygens (including phenoxy) is 1. The summed E-state index contributed by atoms with van der Waals surface area (Å²) >= 11 is 13.9. The van der Waals surface area contributed by atoms with Gasteiger partial charge in [-0.05, 0) is 42.4 Å². The molecule has 1 fully saturated rings. The maximum absolute atomic E-state index is 5.96. The molecule has 15 heavy (non-hydrogen) atoms. The van der Waals surface area contributed by atoms with Crippen LogP contribution < -0.4 is 0 Å². The molecule has 1 aromatic heterocycles. The van der Waals surface area contributed by atoms with E-state index in [2.05, 4.69) is 9.97 Å². The van der Waals surface area contributed by atoms with Crippen LogP contribution in [0, 0.1) is 3.57 Å². The Balaban J connectivity index is 2.45. The molecule has 1 saturated heterocycles. The minimum absolute atomic E-state index is 0.391. The average Bonchev–Trinajstić information content (AvgIpc) is 2.62. The lowest BCUT2D eigenvalue weighted by Crippen LogP contribution is -2.23. The van der Waals surface area contributed by atoms with Gasteiger partial charge in [0.1, 0.15) is 15.9 Å². The monoisotopic (exact) mass is 358 g/mol. The summed E-state index contributed by atoms with van der Waals surface area (Å²) in [7, 11) is 0. The summed E-state index contributed by atoms with van der Waals surface area (Å²) in [5, 5.41) is 0.782. The van der Waals surface area contributed by atoms with Crippen molar-refractivity contribution >= 4 is 45.8 Å². The molecule has 1 aromatic rings. The lowest BCUT2D eigenvalue weighted by Gasteiger charge is -2.21. The summed E-state index contributed by atoms with van der Waals surface area (Å²) in [6.07, 6.45) is 1.92. The molecule has 1 aliphatic heterocycles. The van der Waals surface area contributed by atoms with Gasteiger partial charge in [-0.3, -0.25) is 0 Å². The molecular formula is C9H9Cl2IN2O. The van der Waals surface area contributed by atoms with Crippen LogP contribution in [0.2, 0.25) is 10.3 Å². The highest BCUT2D eigenvalue weighted by Gasteiger charge is 2.35. The Labute approximate surface area is 112 Å². The highest BCUT2D eigenvalue weighted by Crippen LogP contribution is 2.35. The smallest absolute Gasteiger partial charge is 0.163 e. The molecule has 1 atom stereocenters. The lowest BCUT2D eigenvalue weighted by atomic mass is 10.0. The van der Waals surface area contributed by atoms with Gasteiger partial charge in [0.15, 0.2) is 5.82 Å². The van der Waals surface area contributed by atoms with Gasteiger partial charge in [-0.25, -0.2) is 9.97 Å². The zero-order valence-electron chi connectivity index (χ0n) is 8.06. The largest absolute Gasteiger partial charge is 0.367 e. The number of nitrogens with zero attached hydrogens (tertiary/aromatic N) is 2. The molecule has 2 rings (SSSR count). The Bertz CT molecular complexity index is 371. The van der Waals surface area contributed by atoms with Gasteiger partial charge in [0.2, 0.25) is 0 Å². The molecule has 0 N–H and O–H groups in total. The standard InChI is InChI=1S/C9H9Cl2IN2O/c1-9(3-2-4-15-9)8-13-6(10)5(12)7(11)14-8/h2-4H2,1H3. The highest BCUT2D eigenvalue weighted by molar-refractivity contribution is 14.1. The molecule has 3 nitrogen and oxygen atoms in total. The quantitative estimate of drug-likeness (QED) is 0.570. The Morgan fingerprint density at radius 2 is 1.93 bits per heavy atom. The Morgan fingerprint density at radius 3 is 2.40 bits per heavy atom. The van der Waals surface area contributed by atoms with E-state index in [9.17, 15) is 0 Å². The van der Waals surface area contributed by atoms with Gasteiger partial charge < -0.3 is 4.74 Å². The molecule has 1 aliphatic rings. The van der Waals surface area contributed by atoms with Crippen molar-refractivity contribution in [2.24, 2.45) is 0 Å². The molecule has 0 aromatic carbocycles. The number of rotatable bonds is 1.